The quantitative estimate of drug-likeness (QED) is 0.550. The highest BCUT2D eigenvalue weighted by atomic mass is 31.1. The van der Waals surface area contributed by atoms with Crippen molar-refractivity contribution in [2.75, 3.05) is 0 Å². The molecule has 20 heavy (non-hydrogen) atoms. The van der Waals surface area contributed by atoms with Crippen LogP contribution in [0.5, 0.6) is 5.75 Å². The molecule has 0 N–H and O–H groups in total. The molecule has 0 fully saturated rings. The molecule has 0 radical (unpaired) electrons. The van der Waals surface area contributed by atoms with Gasteiger partial charge in [0.05, 0.1) is 0 Å². The van der Waals surface area contributed by atoms with E-state index in [1.165, 1.54) is 12.8 Å². The first-order valence-corrected chi connectivity index (χ1v) is 8.48. The Bertz CT molecular complexity index is 552. The number of unbranched alkanes of at least 4 members (excludes halogenated alkanes) is 2. The minimum absolute atomic E-state index is 0.666. The van der Waals surface area contributed by atoms with Gasteiger partial charge < -0.3 is 4.52 Å². The maximum absolute atomic E-state index is 12.4. The smallest absolute Gasteiger partial charge is 0.266 e. The molecule has 3 heteroatoms. The lowest BCUT2D eigenvalue weighted by Crippen LogP contribution is -2.07. The molecule has 0 aliphatic rings. The third-order valence-corrected chi connectivity index (χ3v) is 4.59. The van der Waals surface area contributed by atoms with E-state index in [4.69, 9.17) is 4.52 Å². The molecule has 0 heterocycles. The molecule has 0 saturated heterocycles. The van der Waals surface area contributed by atoms with Crippen molar-refractivity contribution in [1.82, 2.24) is 0 Å². The Morgan fingerprint density at radius 1 is 0.950 bits per heavy atom. The van der Waals surface area contributed by atoms with Crippen LogP contribution in [-0.2, 0) is 11.0 Å². The van der Waals surface area contributed by atoms with Crippen LogP contribution in [0.25, 0.3) is 0 Å². The molecule has 2 rings (SSSR count). The highest BCUT2D eigenvalue weighted by Crippen LogP contribution is 2.27. The number of para-hydroxylation sites is 1. The number of aryl methyl sites for hydroxylation is 1. The van der Waals surface area contributed by atoms with Crippen LogP contribution in [-0.4, -0.2) is 0 Å². The molecule has 0 bridgehead atoms. The fraction of sp³-hybridized carbons (Fsp3) is 0.294. The van der Waals surface area contributed by atoms with Crippen molar-refractivity contribution in [1.29, 1.82) is 0 Å². The van der Waals surface area contributed by atoms with Crippen molar-refractivity contribution in [3.63, 3.8) is 0 Å². The van der Waals surface area contributed by atoms with E-state index in [0.717, 1.165) is 23.7 Å². The summed E-state index contributed by atoms with van der Waals surface area (Å²) in [7, 11) is -2.24. The number of rotatable bonds is 7. The van der Waals surface area contributed by atoms with Crippen LogP contribution in [0.1, 0.15) is 31.7 Å². The van der Waals surface area contributed by atoms with E-state index in [-0.39, 0.29) is 0 Å². The lowest BCUT2D eigenvalue weighted by Gasteiger charge is -2.10. The SMILES string of the molecule is CCCCCc1ccccc1[PH](=O)Oc1ccccc1. The van der Waals surface area contributed by atoms with Crippen LogP contribution in [0.3, 0.4) is 0 Å². The van der Waals surface area contributed by atoms with Gasteiger partial charge in [-0.05, 0) is 36.6 Å². The molecule has 1 unspecified atom stereocenters. The van der Waals surface area contributed by atoms with E-state index in [9.17, 15) is 4.57 Å². The zero-order chi connectivity index (χ0) is 14.2. The normalized spacial score (nSPS) is 12.1. The van der Waals surface area contributed by atoms with Crippen LogP contribution in [0, 0.1) is 0 Å². The van der Waals surface area contributed by atoms with Crippen LogP contribution in [0.4, 0.5) is 0 Å². The molecule has 0 aliphatic carbocycles. The molecule has 1 atom stereocenters. The van der Waals surface area contributed by atoms with Crippen LogP contribution in [0.15, 0.2) is 54.6 Å². The standard InChI is InChI=1S/C17H21O2P/c1-2-3-5-10-15-11-8-9-14-17(15)20(18)19-16-12-6-4-7-13-16/h4,6-9,11-14,20H,2-3,5,10H2,1H3. The summed E-state index contributed by atoms with van der Waals surface area (Å²) in [4.78, 5) is 0. The minimum atomic E-state index is -2.24. The molecule has 0 aromatic heterocycles. The summed E-state index contributed by atoms with van der Waals surface area (Å²) in [5, 5.41) is 0.859. The Balaban J connectivity index is 2.09. The zero-order valence-electron chi connectivity index (χ0n) is 11.8. The second kappa shape index (κ2) is 7.91. The molecule has 2 aromatic rings. The van der Waals surface area contributed by atoms with Gasteiger partial charge in [-0.2, -0.15) is 0 Å². The zero-order valence-corrected chi connectivity index (χ0v) is 12.8. The first-order chi connectivity index (χ1) is 9.81. The topological polar surface area (TPSA) is 26.3 Å². The lowest BCUT2D eigenvalue weighted by molar-refractivity contribution is 0.514. The largest absolute Gasteiger partial charge is 0.442 e. The van der Waals surface area contributed by atoms with Gasteiger partial charge >= 0.3 is 0 Å². The van der Waals surface area contributed by atoms with Gasteiger partial charge in [0.15, 0.2) is 0 Å². The first kappa shape index (κ1) is 14.9. The van der Waals surface area contributed by atoms with E-state index in [1.807, 2.05) is 48.5 Å². The number of benzene rings is 2. The summed E-state index contributed by atoms with van der Waals surface area (Å²) >= 11 is 0. The summed E-state index contributed by atoms with van der Waals surface area (Å²) in [6.07, 6.45) is 4.50. The van der Waals surface area contributed by atoms with Crippen molar-refractivity contribution < 1.29 is 9.09 Å². The minimum Gasteiger partial charge on any atom is -0.442 e. The van der Waals surface area contributed by atoms with Gasteiger partial charge in [-0.15, -0.1) is 0 Å². The van der Waals surface area contributed by atoms with Crippen molar-refractivity contribution >= 4 is 13.3 Å². The maximum Gasteiger partial charge on any atom is 0.266 e. The molecule has 106 valence electrons. The summed E-state index contributed by atoms with van der Waals surface area (Å²) in [5.74, 6) is 0.666. The van der Waals surface area contributed by atoms with Crippen molar-refractivity contribution in [3.05, 3.63) is 60.2 Å². The molecule has 0 spiro atoms. The molecule has 0 saturated carbocycles. The van der Waals surface area contributed by atoms with Gasteiger partial charge in [-0.3, -0.25) is 4.57 Å². The maximum atomic E-state index is 12.4. The van der Waals surface area contributed by atoms with E-state index >= 15 is 0 Å². The fourth-order valence-electron chi connectivity index (χ4n) is 2.15. The highest BCUT2D eigenvalue weighted by molar-refractivity contribution is 7.48. The predicted octanol–water partition coefficient (Wildman–Crippen LogP) is 4.60. The first-order valence-electron chi connectivity index (χ1n) is 7.16. The van der Waals surface area contributed by atoms with E-state index < -0.39 is 8.03 Å². The van der Waals surface area contributed by atoms with Crippen LogP contribution >= 0.6 is 8.03 Å². The second-order valence-electron chi connectivity index (χ2n) is 4.82. The van der Waals surface area contributed by atoms with Gasteiger partial charge in [0, 0.05) is 5.30 Å². The Labute approximate surface area is 121 Å². The van der Waals surface area contributed by atoms with Gasteiger partial charge in [0.2, 0.25) is 0 Å². The second-order valence-corrected chi connectivity index (χ2v) is 6.13. The summed E-state index contributed by atoms with van der Waals surface area (Å²) in [5.41, 5.74) is 1.15. The van der Waals surface area contributed by atoms with Gasteiger partial charge in [-0.25, -0.2) is 0 Å². The Morgan fingerprint density at radius 3 is 2.40 bits per heavy atom. The summed E-state index contributed by atoms with van der Waals surface area (Å²) in [6, 6.07) is 17.3. The molecule has 0 amide bonds. The van der Waals surface area contributed by atoms with Gasteiger partial charge in [-0.1, -0.05) is 56.2 Å². The Morgan fingerprint density at radius 2 is 1.65 bits per heavy atom. The Hall–Kier alpha value is -1.53. The summed E-state index contributed by atoms with van der Waals surface area (Å²) < 4.78 is 18.0. The van der Waals surface area contributed by atoms with E-state index in [0.29, 0.717) is 5.75 Å². The van der Waals surface area contributed by atoms with E-state index in [1.54, 1.807) is 0 Å². The number of hydrogen-bond donors (Lipinski definition) is 0. The van der Waals surface area contributed by atoms with Gasteiger partial charge in [0.1, 0.15) is 5.75 Å². The average Bonchev–Trinajstić information content (AvgIpc) is 2.49. The van der Waals surface area contributed by atoms with Crippen molar-refractivity contribution in [2.24, 2.45) is 0 Å². The van der Waals surface area contributed by atoms with Crippen molar-refractivity contribution in [3.8, 4) is 5.75 Å². The van der Waals surface area contributed by atoms with Gasteiger partial charge in [0.25, 0.3) is 8.03 Å². The average molecular weight is 288 g/mol. The van der Waals surface area contributed by atoms with Crippen LogP contribution < -0.4 is 9.83 Å². The summed E-state index contributed by atoms with van der Waals surface area (Å²) in [6.45, 7) is 2.19. The lowest BCUT2D eigenvalue weighted by atomic mass is 10.1. The fourth-order valence-corrected chi connectivity index (χ4v) is 3.32. The third-order valence-electron chi connectivity index (χ3n) is 3.24. The molecular weight excluding hydrogens is 267 g/mol. The molecular formula is C17H21O2P. The van der Waals surface area contributed by atoms with Crippen molar-refractivity contribution in [2.45, 2.75) is 32.6 Å². The Kier molecular flexibility index (Phi) is 5.88. The third kappa shape index (κ3) is 4.25. The molecule has 0 aliphatic heterocycles. The number of hydrogen-bond acceptors (Lipinski definition) is 2. The van der Waals surface area contributed by atoms with E-state index in [2.05, 4.69) is 13.0 Å². The van der Waals surface area contributed by atoms with Crippen LogP contribution in [0.2, 0.25) is 0 Å². The molecule has 2 nitrogen and oxygen atoms in total. The molecule has 2 aromatic carbocycles. The highest BCUT2D eigenvalue weighted by Gasteiger charge is 2.10. The predicted molar refractivity (Wildman–Crippen MR) is 85.4 cm³/mol. The monoisotopic (exact) mass is 288 g/mol.